The lowest BCUT2D eigenvalue weighted by molar-refractivity contribution is -0.106. The fourth-order valence-electron chi connectivity index (χ4n) is 2.23. The summed E-state index contributed by atoms with van der Waals surface area (Å²) in [7, 11) is 0. The van der Waals surface area contributed by atoms with E-state index in [9.17, 15) is 15.0 Å². The van der Waals surface area contributed by atoms with Crippen LogP contribution in [0.3, 0.4) is 0 Å². The van der Waals surface area contributed by atoms with Gasteiger partial charge in [0.05, 0.1) is 0 Å². The van der Waals surface area contributed by atoms with Gasteiger partial charge in [-0.2, -0.15) is 0 Å². The molecule has 5 heteroatoms. The molecule has 0 heterocycles. The summed E-state index contributed by atoms with van der Waals surface area (Å²) in [5.41, 5.74) is -0.757. The topological polar surface area (TPSA) is 60.8 Å². The standard InChI is InChI=1S/C13H16INO3/c1-2-13(18,10-5-3-4-6-11(10)14)15(12(16)17)9-7-8-9/h3-6,9,18H,2,7-8H2,1H3,(H,16,17)/t13-/m1/s1. The van der Waals surface area contributed by atoms with Crippen LogP contribution >= 0.6 is 22.6 Å². The zero-order chi connectivity index (χ0) is 13.3. The molecule has 1 fully saturated rings. The van der Waals surface area contributed by atoms with E-state index in [4.69, 9.17) is 0 Å². The van der Waals surface area contributed by atoms with E-state index in [1.54, 1.807) is 13.0 Å². The van der Waals surface area contributed by atoms with Gasteiger partial charge in [-0.05, 0) is 47.9 Å². The molecule has 1 amide bonds. The Morgan fingerprint density at radius 2 is 2.11 bits per heavy atom. The van der Waals surface area contributed by atoms with Gasteiger partial charge in [0.25, 0.3) is 0 Å². The Balaban J connectivity index is 2.46. The maximum absolute atomic E-state index is 11.4. The maximum Gasteiger partial charge on any atom is 0.410 e. The lowest BCUT2D eigenvalue weighted by atomic mass is 9.98. The van der Waals surface area contributed by atoms with Gasteiger partial charge in [-0.25, -0.2) is 4.79 Å². The smallest absolute Gasteiger partial charge is 0.410 e. The molecular formula is C13H16INO3. The second kappa shape index (κ2) is 5.05. The number of hydrogen-bond acceptors (Lipinski definition) is 2. The van der Waals surface area contributed by atoms with E-state index < -0.39 is 11.8 Å². The molecule has 0 unspecified atom stereocenters. The van der Waals surface area contributed by atoms with Crippen LogP contribution < -0.4 is 0 Å². The third-order valence-corrected chi connectivity index (χ3v) is 4.26. The van der Waals surface area contributed by atoms with Crippen LogP contribution in [0, 0.1) is 3.57 Å². The van der Waals surface area contributed by atoms with Crippen molar-refractivity contribution in [1.29, 1.82) is 0 Å². The fourth-order valence-corrected chi connectivity index (χ4v) is 3.04. The third kappa shape index (κ3) is 2.33. The first-order valence-electron chi connectivity index (χ1n) is 6.00. The van der Waals surface area contributed by atoms with Gasteiger partial charge in [0.2, 0.25) is 0 Å². The van der Waals surface area contributed by atoms with E-state index >= 15 is 0 Å². The SMILES string of the molecule is CC[C@@](O)(c1ccccc1I)N(C(=O)O)C1CC1. The van der Waals surface area contributed by atoms with Crippen molar-refractivity contribution in [2.45, 2.75) is 38.0 Å². The number of carboxylic acid groups (broad SMARTS) is 1. The highest BCUT2D eigenvalue weighted by Gasteiger charge is 2.47. The minimum absolute atomic E-state index is 0.0524. The summed E-state index contributed by atoms with van der Waals surface area (Å²) < 4.78 is 0.881. The van der Waals surface area contributed by atoms with Gasteiger partial charge in [-0.1, -0.05) is 25.1 Å². The molecule has 2 N–H and O–H groups in total. The first-order valence-corrected chi connectivity index (χ1v) is 7.08. The van der Waals surface area contributed by atoms with E-state index in [2.05, 4.69) is 22.6 Å². The molecule has 1 aromatic rings. The molecule has 0 aromatic heterocycles. The Hall–Kier alpha value is -0.820. The minimum atomic E-state index is -1.43. The van der Waals surface area contributed by atoms with Gasteiger partial charge in [-0.15, -0.1) is 0 Å². The molecule has 1 aliphatic carbocycles. The number of amides is 1. The Morgan fingerprint density at radius 3 is 2.56 bits per heavy atom. The lowest BCUT2D eigenvalue weighted by Crippen LogP contribution is -2.50. The van der Waals surface area contributed by atoms with Gasteiger partial charge >= 0.3 is 6.09 Å². The van der Waals surface area contributed by atoms with Crippen molar-refractivity contribution >= 4 is 28.7 Å². The molecule has 0 spiro atoms. The number of aliphatic hydroxyl groups is 1. The molecule has 4 nitrogen and oxygen atoms in total. The highest BCUT2D eigenvalue weighted by Crippen LogP contribution is 2.40. The Labute approximate surface area is 120 Å². The first-order chi connectivity index (χ1) is 8.50. The molecular weight excluding hydrogens is 345 g/mol. The Bertz CT molecular complexity index is 461. The molecule has 0 aliphatic heterocycles. The maximum atomic E-state index is 11.4. The normalized spacial score (nSPS) is 18.2. The molecule has 0 radical (unpaired) electrons. The summed E-state index contributed by atoms with van der Waals surface area (Å²) in [6.07, 6.45) is 0.952. The number of halogens is 1. The molecule has 98 valence electrons. The van der Waals surface area contributed by atoms with E-state index in [-0.39, 0.29) is 6.04 Å². The van der Waals surface area contributed by atoms with Crippen LogP contribution in [0.2, 0.25) is 0 Å². The van der Waals surface area contributed by atoms with Crippen LogP contribution in [0.5, 0.6) is 0 Å². The highest BCUT2D eigenvalue weighted by atomic mass is 127. The Morgan fingerprint density at radius 1 is 1.50 bits per heavy atom. The van der Waals surface area contributed by atoms with Gasteiger partial charge < -0.3 is 10.2 Å². The van der Waals surface area contributed by atoms with Crippen LogP contribution in [0.15, 0.2) is 24.3 Å². The van der Waals surface area contributed by atoms with Crippen LogP contribution in [0.4, 0.5) is 4.79 Å². The van der Waals surface area contributed by atoms with Crippen molar-refractivity contribution in [3.8, 4) is 0 Å². The minimum Gasteiger partial charge on any atom is -0.465 e. The van der Waals surface area contributed by atoms with Crippen molar-refractivity contribution < 1.29 is 15.0 Å². The molecule has 18 heavy (non-hydrogen) atoms. The number of hydrogen-bond donors (Lipinski definition) is 2. The number of carbonyl (C=O) groups is 1. The summed E-state index contributed by atoms with van der Waals surface area (Å²) in [6, 6.07) is 7.32. The monoisotopic (exact) mass is 361 g/mol. The zero-order valence-electron chi connectivity index (χ0n) is 10.1. The van der Waals surface area contributed by atoms with Crippen LogP contribution in [0.25, 0.3) is 0 Å². The molecule has 1 aromatic carbocycles. The van der Waals surface area contributed by atoms with Gasteiger partial charge in [0, 0.05) is 15.2 Å². The number of nitrogens with zero attached hydrogens (tertiary/aromatic N) is 1. The summed E-state index contributed by atoms with van der Waals surface area (Å²) >= 11 is 2.13. The lowest BCUT2D eigenvalue weighted by Gasteiger charge is -2.38. The van der Waals surface area contributed by atoms with Crippen molar-refractivity contribution in [2.24, 2.45) is 0 Å². The van der Waals surface area contributed by atoms with Crippen LogP contribution in [0.1, 0.15) is 31.7 Å². The van der Waals surface area contributed by atoms with E-state index in [0.29, 0.717) is 12.0 Å². The van der Waals surface area contributed by atoms with Crippen molar-refractivity contribution in [3.63, 3.8) is 0 Å². The van der Waals surface area contributed by atoms with Crippen molar-refractivity contribution in [1.82, 2.24) is 4.90 Å². The average Bonchev–Trinajstić information content (AvgIpc) is 3.13. The third-order valence-electron chi connectivity index (χ3n) is 3.31. The van der Waals surface area contributed by atoms with Gasteiger partial charge in [0.15, 0.2) is 5.72 Å². The van der Waals surface area contributed by atoms with Gasteiger partial charge in [-0.3, -0.25) is 4.90 Å². The second-order valence-electron chi connectivity index (χ2n) is 4.53. The van der Waals surface area contributed by atoms with Crippen LogP contribution in [-0.4, -0.2) is 27.2 Å². The van der Waals surface area contributed by atoms with E-state index in [0.717, 1.165) is 16.4 Å². The fraction of sp³-hybridized carbons (Fsp3) is 0.462. The first kappa shape index (κ1) is 13.6. The summed E-state index contributed by atoms with van der Waals surface area (Å²) in [4.78, 5) is 12.6. The predicted molar refractivity (Wildman–Crippen MR) is 76.2 cm³/mol. The van der Waals surface area contributed by atoms with Crippen molar-refractivity contribution in [3.05, 3.63) is 33.4 Å². The molecule has 2 rings (SSSR count). The predicted octanol–water partition coefficient (Wildman–Crippen LogP) is 2.99. The van der Waals surface area contributed by atoms with Crippen molar-refractivity contribution in [2.75, 3.05) is 0 Å². The van der Waals surface area contributed by atoms with Gasteiger partial charge in [0.1, 0.15) is 0 Å². The molecule has 0 bridgehead atoms. The number of benzene rings is 1. The number of rotatable bonds is 4. The largest absolute Gasteiger partial charge is 0.465 e. The molecule has 1 aliphatic rings. The molecule has 1 saturated carbocycles. The van der Waals surface area contributed by atoms with E-state index in [1.165, 1.54) is 4.90 Å². The highest BCUT2D eigenvalue weighted by molar-refractivity contribution is 14.1. The average molecular weight is 361 g/mol. The summed E-state index contributed by atoms with van der Waals surface area (Å²) in [5, 5.41) is 20.2. The van der Waals surface area contributed by atoms with Crippen LogP contribution in [-0.2, 0) is 5.72 Å². The summed E-state index contributed by atoms with van der Waals surface area (Å²) in [5.74, 6) is 0. The van der Waals surface area contributed by atoms with E-state index in [1.807, 2.05) is 18.2 Å². The quantitative estimate of drug-likeness (QED) is 0.640. The second-order valence-corrected chi connectivity index (χ2v) is 5.70. The molecule has 0 saturated heterocycles. The zero-order valence-corrected chi connectivity index (χ0v) is 12.3. The Kier molecular flexibility index (Phi) is 3.82. The molecule has 1 atom stereocenters. The summed E-state index contributed by atoms with van der Waals surface area (Å²) in [6.45, 7) is 1.81.